The molecule has 11 heavy (non-hydrogen) atoms. The minimum atomic E-state index is 0.400. The third-order valence-corrected chi connectivity index (χ3v) is 4.55. The molecule has 2 atom stereocenters. The third-order valence-electron chi connectivity index (χ3n) is 2.03. The van der Waals surface area contributed by atoms with Crippen LogP contribution in [0.2, 0.25) is 0 Å². The Hall–Kier alpha value is 0.930. The van der Waals surface area contributed by atoms with Crippen molar-refractivity contribution in [3.8, 4) is 0 Å². The van der Waals surface area contributed by atoms with Crippen molar-refractivity contribution in [2.45, 2.75) is 36.3 Å². The third kappa shape index (κ3) is 3.43. The molecule has 1 saturated carbocycles. The van der Waals surface area contributed by atoms with Gasteiger partial charge >= 0.3 is 0 Å². The predicted molar refractivity (Wildman–Crippen MR) is 55.1 cm³/mol. The topological polar surface area (TPSA) is 0 Å². The molecule has 1 aliphatic carbocycles. The van der Waals surface area contributed by atoms with E-state index >= 15 is 0 Å². The molecule has 0 bridgehead atoms. The molecule has 0 spiro atoms. The molecule has 3 heteroatoms. The second-order valence-corrected chi connectivity index (χ2v) is 5.18. The van der Waals surface area contributed by atoms with Crippen molar-refractivity contribution in [1.82, 2.24) is 0 Å². The van der Waals surface area contributed by atoms with Gasteiger partial charge in [-0.05, 0) is 12.8 Å². The summed E-state index contributed by atoms with van der Waals surface area (Å²) in [6, 6.07) is 0. The van der Waals surface area contributed by atoms with E-state index in [4.69, 9.17) is 23.2 Å². The van der Waals surface area contributed by atoms with E-state index in [0.29, 0.717) is 10.6 Å². The van der Waals surface area contributed by atoms with E-state index in [2.05, 4.69) is 0 Å². The summed E-state index contributed by atoms with van der Waals surface area (Å²) in [6.45, 7) is 0. The minimum absolute atomic E-state index is 0.400. The zero-order valence-electron chi connectivity index (χ0n) is 6.56. The molecule has 0 aromatic rings. The second kappa shape index (κ2) is 5.55. The molecule has 66 valence electrons. The number of thioether (sulfide) groups is 1. The lowest BCUT2D eigenvalue weighted by Crippen LogP contribution is -2.22. The molecule has 0 N–H and O–H groups in total. The summed E-state index contributed by atoms with van der Waals surface area (Å²) in [6.07, 6.45) is 5.15. The summed E-state index contributed by atoms with van der Waals surface area (Å²) >= 11 is 13.7. The first kappa shape index (κ1) is 10.0. The first-order chi connectivity index (χ1) is 5.34. The van der Waals surface area contributed by atoms with Crippen LogP contribution in [0.3, 0.4) is 0 Å². The predicted octanol–water partition coefficient (Wildman–Crippen LogP) is 3.51. The van der Waals surface area contributed by atoms with Crippen molar-refractivity contribution in [1.29, 1.82) is 0 Å². The Kier molecular flexibility index (Phi) is 5.06. The van der Waals surface area contributed by atoms with Gasteiger partial charge in [-0.1, -0.05) is 12.8 Å². The van der Waals surface area contributed by atoms with Gasteiger partial charge in [0.15, 0.2) is 0 Å². The van der Waals surface area contributed by atoms with Gasteiger partial charge in [-0.2, -0.15) is 11.8 Å². The Labute approximate surface area is 83.0 Å². The second-order valence-electron chi connectivity index (χ2n) is 2.90. The van der Waals surface area contributed by atoms with Crippen molar-refractivity contribution in [2.75, 3.05) is 11.6 Å². The Balaban J connectivity index is 2.18. The van der Waals surface area contributed by atoms with Gasteiger partial charge in [0.05, 0.1) is 0 Å². The maximum Gasteiger partial charge on any atom is 0.0454 e. The lowest BCUT2D eigenvalue weighted by molar-refractivity contribution is 0.523. The van der Waals surface area contributed by atoms with Crippen LogP contribution in [-0.4, -0.2) is 22.3 Å². The van der Waals surface area contributed by atoms with Crippen LogP contribution in [-0.2, 0) is 0 Å². The zero-order valence-corrected chi connectivity index (χ0v) is 8.89. The van der Waals surface area contributed by atoms with Crippen LogP contribution in [0.5, 0.6) is 0 Å². The molecule has 1 rings (SSSR count). The van der Waals surface area contributed by atoms with E-state index in [1.807, 2.05) is 11.8 Å². The van der Waals surface area contributed by atoms with Crippen LogP contribution in [0.15, 0.2) is 0 Å². The van der Waals surface area contributed by atoms with E-state index in [1.165, 1.54) is 25.7 Å². The SMILES string of the molecule is ClCCS[C@H]1CCCC[C@@H]1Cl. The summed E-state index contributed by atoms with van der Waals surface area (Å²) in [7, 11) is 0. The van der Waals surface area contributed by atoms with E-state index in [9.17, 15) is 0 Å². The van der Waals surface area contributed by atoms with Gasteiger partial charge < -0.3 is 0 Å². The monoisotopic (exact) mass is 212 g/mol. The molecule has 0 aromatic heterocycles. The Morgan fingerprint density at radius 3 is 2.64 bits per heavy atom. The first-order valence-corrected chi connectivity index (χ1v) is 6.18. The van der Waals surface area contributed by atoms with Gasteiger partial charge in [0.25, 0.3) is 0 Å². The molecule has 0 heterocycles. The summed E-state index contributed by atoms with van der Waals surface area (Å²) in [5.41, 5.74) is 0. The molecule has 0 aliphatic heterocycles. The zero-order chi connectivity index (χ0) is 8.10. The van der Waals surface area contributed by atoms with Crippen LogP contribution < -0.4 is 0 Å². The fourth-order valence-corrected chi connectivity index (χ4v) is 3.27. The van der Waals surface area contributed by atoms with Gasteiger partial charge in [-0.15, -0.1) is 23.2 Å². The van der Waals surface area contributed by atoms with Crippen LogP contribution in [0, 0.1) is 0 Å². The van der Waals surface area contributed by atoms with E-state index in [0.717, 1.165) is 11.6 Å². The molecule has 0 nitrogen and oxygen atoms in total. The highest BCUT2D eigenvalue weighted by molar-refractivity contribution is 8.00. The number of halogens is 2. The van der Waals surface area contributed by atoms with E-state index in [1.54, 1.807) is 0 Å². The molecule has 1 aliphatic rings. The molecular weight excluding hydrogens is 199 g/mol. The Bertz CT molecular complexity index is 108. The molecule has 0 radical (unpaired) electrons. The molecule has 0 unspecified atom stereocenters. The summed E-state index contributed by atoms with van der Waals surface area (Å²) < 4.78 is 0. The minimum Gasteiger partial charge on any atom is -0.156 e. The first-order valence-electron chi connectivity index (χ1n) is 4.16. The van der Waals surface area contributed by atoms with E-state index in [-0.39, 0.29) is 0 Å². The van der Waals surface area contributed by atoms with Crippen molar-refractivity contribution in [3.63, 3.8) is 0 Å². The normalized spacial score (nSPS) is 32.2. The smallest absolute Gasteiger partial charge is 0.0454 e. The summed E-state index contributed by atoms with van der Waals surface area (Å²) in [5, 5.41) is 1.07. The summed E-state index contributed by atoms with van der Waals surface area (Å²) in [5.74, 6) is 1.81. The van der Waals surface area contributed by atoms with Crippen molar-refractivity contribution in [2.24, 2.45) is 0 Å². The summed E-state index contributed by atoms with van der Waals surface area (Å²) in [4.78, 5) is 0. The van der Waals surface area contributed by atoms with Gasteiger partial charge in [0.2, 0.25) is 0 Å². The Morgan fingerprint density at radius 1 is 1.27 bits per heavy atom. The maximum atomic E-state index is 6.15. The lowest BCUT2D eigenvalue weighted by atomic mass is 10.00. The van der Waals surface area contributed by atoms with Gasteiger partial charge in [0.1, 0.15) is 0 Å². The van der Waals surface area contributed by atoms with Crippen LogP contribution >= 0.6 is 35.0 Å². The van der Waals surface area contributed by atoms with Gasteiger partial charge in [0, 0.05) is 22.3 Å². The number of rotatable bonds is 3. The largest absolute Gasteiger partial charge is 0.156 e. The van der Waals surface area contributed by atoms with Crippen LogP contribution in [0.4, 0.5) is 0 Å². The lowest BCUT2D eigenvalue weighted by Gasteiger charge is -2.26. The standard InChI is InChI=1S/C8H14Cl2S/c9-5-6-11-8-4-2-1-3-7(8)10/h7-8H,1-6H2/t7-,8-/m0/s1. The van der Waals surface area contributed by atoms with E-state index < -0.39 is 0 Å². The number of alkyl halides is 2. The maximum absolute atomic E-state index is 6.15. The Morgan fingerprint density at radius 2 is 2.00 bits per heavy atom. The highest BCUT2D eigenvalue weighted by Gasteiger charge is 2.22. The van der Waals surface area contributed by atoms with Crippen LogP contribution in [0.25, 0.3) is 0 Å². The molecule has 0 saturated heterocycles. The molecular formula is C8H14Cl2S. The van der Waals surface area contributed by atoms with Crippen LogP contribution in [0.1, 0.15) is 25.7 Å². The van der Waals surface area contributed by atoms with Gasteiger partial charge in [-0.3, -0.25) is 0 Å². The van der Waals surface area contributed by atoms with Crippen molar-refractivity contribution in [3.05, 3.63) is 0 Å². The van der Waals surface area contributed by atoms with Gasteiger partial charge in [-0.25, -0.2) is 0 Å². The van der Waals surface area contributed by atoms with Crippen molar-refractivity contribution < 1.29 is 0 Å². The number of hydrogen-bond donors (Lipinski definition) is 0. The molecule has 0 aromatic carbocycles. The fraction of sp³-hybridized carbons (Fsp3) is 1.00. The van der Waals surface area contributed by atoms with Crippen molar-refractivity contribution >= 4 is 35.0 Å². The fourth-order valence-electron chi connectivity index (χ4n) is 1.44. The highest BCUT2D eigenvalue weighted by atomic mass is 35.5. The average Bonchev–Trinajstić information content (AvgIpc) is 2.03. The number of hydrogen-bond acceptors (Lipinski definition) is 1. The average molecular weight is 213 g/mol. The highest BCUT2D eigenvalue weighted by Crippen LogP contribution is 2.31. The molecule has 0 amide bonds. The molecule has 1 fully saturated rings. The quantitative estimate of drug-likeness (QED) is 0.646.